The number of nitrogens with one attached hydrogen (secondary N) is 1. The number of hydrogen-bond donors (Lipinski definition) is 3. The number of halogens is 2. The van der Waals surface area contributed by atoms with Crippen LogP contribution in [0.2, 0.25) is 10.0 Å². The van der Waals surface area contributed by atoms with Crippen molar-refractivity contribution in [2.45, 2.75) is 6.54 Å². The van der Waals surface area contributed by atoms with Crippen molar-refractivity contribution in [1.82, 2.24) is 10.2 Å². The van der Waals surface area contributed by atoms with Crippen LogP contribution in [0.15, 0.2) is 12.1 Å². The van der Waals surface area contributed by atoms with E-state index in [1.54, 1.807) is 0 Å². The average Bonchev–Trinajstić information content (AvgIpc) is 2.37. The van der Waals surface area contributed by atoms with Crippen molar-refractivity contribution in [3.05, 3.63) is 27.7 Å². The van der Waals surface area contributed by atoms with Gasteiger partial charge in [-0.05, 0) is 12.1 Å². The Morgan fingerprint density at radius 1 is 1.40 bits per heavy atom. The predicted octanol–water partition coefficient (Wildman–Crippen LogP) is 1.24. The zero-order valence-electron chi connectivity index (χ0n) is 10.8. The summed E-state index contributed by atoms with van der Waals surface area (Å²) in [5.41, 5.74) is 0.416. The zero-order chi connectivity index (χ0) is 14.7. The maximum Gasteiger partial charge on any atom is 0.225 e. The number of hydrogen-bond acceptors (Lipinski definition) is 4. The molecular formula is C13H16Cl2N2O3. The van der Waals surface area contributed by atoms with Crippen LogP contribution in [0.1, 0.15) is 5.56 Å². The Morgan fingerprint density at radius 3 is 2.75 bits per heavy atom. The van der Waals surface area contributed by atoms with Crippen molar-refractivity contribution in [2.75, 3.05) is 26.2 Å². The van der Waals surface area contributed by atoms with Gasteiger partial charge in [-0.25, -0.2) is 0 Å². The molecule has 1 heterocycles. The topological polar surface area (TPSA) is 72.8 Å². The molecular weight excluding hydrogens is 303 g/mol. The van der Waals surface area contributed by atoms with E-state index in [4.69, 9.17) is 28.3 Å². The number of phenolic OH excluding ortho intramolecular Hbond substituents is 1. The molecule has 3 N–H and O–H groups in total. The van der Waals surface area contributed by atoms with Crippen LogP contribution >= 0.6 is 23.2 Å². The number of aliphatic hydroxyl groups is 1. The molecule has 0 bridgehead atoms. The number of aromatic hydroxyl groups is 1. The predicted molar refractivity (Wildman–Crippen MR) is 77.0 cm³/mol. The number of likely N-dealkylation sites (tertiary alicyclic amines) is 1. The second kappa shape index (κ2) is 6.63. The lowest BCUT2D eigenvalue weighted by atomic mass is 9.99. The Morgan fingerprint density at radius 2 is 2.10 bits per heavy atom. The van der Waals surface area contributed by atoms with Crippen molar-refractivity contribution in [3.63, 3.8) is 0 Å². The fourth-order valence-corrected chi connectivity index (χ4v) is 2.53. The van der Waals surface area contributed by atoms with Gasteiger partial charge in [0.25, 0.3) is 0 Å². The van der Waals surface area contributed by atoms with Gasteiger partial charge < -0.3 is 15.5 Å². The molecule has 7 heteroatoms. The van der Waals surface area contributed by atoms with Crippen LogP contribution in [0.4, 0.5) is 0 Å². The van der Waals surface area contributed by atoms with E-state index in [1.165, 1.54) is 12.1 Å². The summed E-state index contributed by atoms with van der Waals surface area (Å²) in [5, 5.41) is 21.8. The molecule has 110 valence electrons. The van der Waals surface area contributed by atoms with Crippen LogP contribution in [0, 0.1) is 5.92 Å². The maximum atomic E-state index is 11.9. The minimum Gasteiger partial charge on any atom is -0.508 e. The highest BCUT2D eigenvalue weighted by Gasteiger charge is 2.31. The molecule has 0 aliphatic carbocycles. The molecule has 0 unspecified atom stereocenters. The molecule has 1 amide bonds. The molecule has 1 fully saturated rings. The second-order valence-corrected chi connectivity index (χ2v) is 5.54. The van der Waals surface area contributed by atoms with Crippen molar-refractivity contribution in [3.8, 4) is 5.75 Å². The van der Waals surface area contributed by atoms with E-state index >= 15 is 0 Å². The van der Waals surface area contributed by atoms with E-state index in [2.05, 4.69) is 5.32 Å². The van der Waals surface area contributed by atoms with Crippen molar-refractivity contribution in [1.29, 1.82) is 0 Å². The standard InChI is InChI=1S/C13H16Cl2N2O3/c14-10-1-2-11(19)9(12(10)15)5-16-13(20)8-6-17(7-8)3-4-18/h1-2,8,18-19H,3-7H2,(H,16,20). The monoisotopic (exact) mass is 318 g/mol. The van der Waals surface area contributed by atoms with Crippen molar-refractivity contribution in [2.24, 2.45) is 5.92 Å². The van der Waals surface area contributed by atoms with Crippen LogP contribution in [0.3, 0.4) is 0 Å². The lowest BCUT2D eigenvalue weighted by molar-refractivity contribution is -0.130. The van der Waals surface area contributed by atoms with E-state index in [0.29, 0.717) is 30.2 Å². The van der Waals surface area contributed by atoms with Crippen molar-refractivity contribution < 1.29 is 15.0 Å². The van der Waals surface area contributed by atoms with Gasteiger partial charge in [0.05, 0.1) is 22.6 Å². The summed E-state index contributed by atoms with van der Waals surface area (Å²) in [5.74, 6) is -0.161. The van der Waals surface area contributed by atoms with Crippen LogP contribution < -0.4 is 5.32 Å². The summed E-state index contributed by atoms with van der Waals surface area (Å²) in [4.78, 5) is 13.9. The maximum absolute atomic E-state index is 11.9. The number of carbonyl (C=O) groups excluding carboxylic acids is 1. The lowest BCUT2D eigenvalue weighted by Gasteiger charge is -2.37. The summed E-state index contributed by atoms with van der Waals surface area (Å²) in [6.45, 7) is 2.11. The smallest absolute Gasteiger partial charge is 0.225 e. The first kappa shape index (κ1) is 15.4. The SMILES string of the molecule is O=C(NCc1c(O)ccc(Cl)c1Cl)C1CN(CCO)C1. The van der Waals surface area contributed by atoms with Crippen LogP contribution in [-0.4, -0.2) is 47.3 Å². The molecule has 5 nitrogen and oxygen atoms in total. The second-order valence-electron chi connectivity index (χ2n) is 4.76. The van der Waals surface area contributed by atoms with Gasteiger partial charge in [-0.3, -0.25) is 9.69 Å². The van der Waals surface area contributed by atoms with Gasteiger partial charge in [0, 0.05) is 31.7 Å². The fraction of sp³-hybridized carbons (Fsp3) is 0.462. The van der Waals surface area contributed by atoms with E-state index in [9.17, 15) is 9.90 Å². The van der Waals surface area contributed by atoms with Crippen molar-refractivity contribution >= 4 is 29.1 Å². The molecule has 0 atom stereocenters. The van der Waals surface area contributed by atoms with Gasteiger partial charge in [0.2, 0.25) is 5.91 Å². The molecule has 0 spiro atoms. The van der Waals surface area contributed by atoms with Gasteiger partial charge >= 0.3 is 0 Å². The van der Waals surface area contributed by atoms with E-state index < -0.39 is 0 Å². The average molecular weight is 319 g/mol. The Hall–Kier alpha value is -1.01. The van der Waals surface area contributed by atoms with E-state index in [-0.39, 0.29) is 35.7 Å². The van der Waals surface area contributed by atoms with E-state index in [0.717, 1.165) is 0 Å². The summed E-state index contributed by atoms with van der Waals surface area (Å²) in [6, 6.07) is 2.95. The first-order valence-corrected chi connectivity index (χ1v) is 7.05. The Balaban J connectivity index is 1.87. The number of amides is 1. The Labute approximate surface area is 127 Å². The highest BCUT2D eigenvalue weighted by Crippen LogP contribution is 2.32. The first-order chi connectivity index (χ1) is 9.52. The lowest BCUT2D eigenvalue weighted by Crippen LogP contribution is -2.54. The molecule has 1 aromatic rings. The molecule has 20 heavy (non-hydrogen) atoms. The number of carbonyl (C=O) groups is 1. The molecule has 1 aliphatic rings. The summed E-state index contributed by atoms with van der Waals surface area (Å²) >= 11 is 11.9. The molecule has 1 saturated heterocycles. The van der Waals surface area contributed by atoms with Gasteiger partial charge in [0.1, 0.15) is 5.75 Å². The Kier molecular flexibility index (Phi) is 5.10. The summed E-state index contributed by atoms with van der Waals surface area (Å²) in [7, 11) is 0. The number of aliphatic hydroxyl groups excluding tert-OH is 1. The zero-order valence-corrected chi connectivity index (χ0v) is 12.3. The quantitative estimate of drug-likeness (QED) is 0.763. The third kappa shape index (κ3) is 3.35. The van der Waals surface area contributed by atoms with E-state index in [1.807, 2.05) is 4.90 Å². The first-order valence-electron chi connectivity index (χ1n) is 6.29. The summed E-state index contributed by atoms with van der Waals surface area (Å²) in [6.07, 6.45) is 0. The van der Waals surface area contributed by atoms with Crippen LogP contribution in [0.25, 0.3) is 0 Å². The normalized spacial score (nSPS) is 15.9. The van der Waals surface area contributed by atoms with Crippen LogP contribution in [0.5, 0.6) is 5.75 Å². The highest BCUT2D eigenvalue weighted by atomic mass is 35.5. The van der Waals surface area contributed by atoms with Gasteiger partial charge in [0.15, 0.2) is 0 Å². The number of rotatable bonds is 5. The fourth-order valence-electron chi connectivity index (χ4n) is 2.13. The largest absolute Gasteiger partial charge is 0.508 e. The molecule has 1 aliphatic heterocycles. The van der Waals surface area contributed by atoms with Gasteiger partial charge in [-0.15, -0.1) is 0 Å². The number of nitrogens with zero attached hydrogens (tertiary/aromatic N) is 1. The molecule has 0 aromatic heterocycles. The highest BCUT2D eigenvalue weighted by molar-refractivity contribution is 6.42. The number of β-amino-alcohol motifs (C(OH)–C–C–N with tert-alkyl or cyclic N) is 1. The molecule has 1 aromatic carbocycles. The third-order valence-corrected chi connectivity index (χ3v) is 4.20. The number of benzene rings is 1. The molecule has 2 rings (SSSR count). The third-order valence-electron chi connectivity index (χ3n) is 3.35. The minimum absolute atomic E-state index is 0.00946. The number of phenols is 1. The van der Waals surface area contributed by atoms with Gasteiger partial charge in [-0.2, -0.15) is 0 Å². The summed E-state index contributed by atoms with van der Waals surface area (Å²) < 4.78 is 0. The molecule has 0 saturated carbocycles. The van der Waals surface area contributed by atoms with Gasteiger partial charge in [-0.1, -0.05) is 23.2 Å². The molecule has 0 radical (unpaired) electrons. The minimum atomic E-state index is -0.0883. The van der Waals surface area contributed by atoms with Crippen LogP contribution in [-0.2, 0) is 11.3 Å². The Bertz CT molecular complexity index is 505.